The van der Waals surface area contributed by atoms with Crippen molar-refractivity contribution in [1.82, 2.24) is 19.7 Å². The molecule has 0 spiro atoms. The Morgan fingerprint density at radius 1 is 1.29 bits per heavy atom. The normalized spacial score (nSPS) is 13.8. The Labute approximate surface area is 161 Å². The molecule has 1 aromatic carbocycles. The van der Waals surface area contributed by atoms with Crippen LogP contribution < -0.4 is 10.5 Å². The molecular weight excluding hydrogens is 359 g/mol. The monoisotopic (exact) mass is 378 g/mol. The third-order valence-electron chi connectivity index (χ3n) is 5.20. The summed E-state index contributed by atoms with van der Waals surface area (Å²) in [4.78, 5) is 11.7. The summed E-state index contributed by atoms with van der Waals surface area (Å²) in [5.41, 5.74) is 7.94. The minimum atomic E-state index is -0.539. The lowest BCUT2D eigenvalue weighted by atomic mass is 9.79. The van der Waals surface area contributed by atoms with Gasteiger partial charge in [0.2, 0.25) is 5.88 Å². The van der Waals surface area contributed by atoms with E-state index in [1.165, 1.54) is 12.4 Å². The number of halogens is 1. The molecule has 0 amide bonds. The van der Waals surface area contributed by atoms with Gasteiger partial charge in [0.25, 0.3) is 5.69 Å². The molecule has 3 aromatic rings. The van der Waals surface area contributed by atoms with Crippen LogP contribution in [0.15, 0.2) is 24.5 Å². The van der Waals surface area contributed by atoms with Gasteiger partial charge in [-0.25, -0.2) is 14.2 Å². The van der Waals surface area contributed by atoms with E-state index < -0.39 is 5.82 Å². The van der Waals surface area contributed by atoms with Crippen LogP contribution in [0.4, 0.5) is 15.9 Å². The molecule has 1 saturated carbocycles. The van der Waals surface area contributed by atoms with Crippen molar-refractivity contribution in [3.8, 4) is 22.9 Å². The zero-order valence-corrected chi connectivity index (χ0v) is 15.6. The highest BCUT2D eigenvalue weighted by Gasteiger charge is 2.28. The largest absolute Gasteiger partial charge is 0.444 e. The number of hydrogen-bond acceptors (Lipinski definition) is 5. The summed E-state index contributed by atoms with van der Waals surface area (Å²) >= 11 is 0. The maximum atomic E-state index is 15.5. The fraction of sp³-hybridized carbons (Fsp3) is 0.300. The van der Waals surface area contributed by atoms with Gasteiger partial charge in [0, 0.05) is 23.9 Å². The minimum absolute atomic E-state index is 0.101. The van der Waals surface area contributed by atoms with Crippen LogP contribution in [0, 0.1) is 19.3 Å². The van der Waals surface area contributed by atoms with Crippen molar-refractivity contribution < 1.29 is 9.13 Å². The molecule has 7 nitrogen and oxygen atoms in total. The molecular formula is C20H19FN6O. The van der Waals surface area contributed by atoms with Crippen LogP contribution in [0.1, 0.15) is 36.4 Å². The van der Waals surface area contributed by atoms with E-state index in [0.29, 0.717) is 11.4 Å². The highest BCUT2D eigenvalue weighted by atomic mass is 19.1. The fourth-order valence-corrected chi connectivity index (χ4v) is 3.25. The van der Waals surface area contributed by atoms with Gasteiger partial charge >= 0.3 is 0 Å². The van der Waals surface area contributed by atoms with Crippen LogP contribution in [0.25, 0.3) is 16.1 Å². The van der Waals surface area contributed by atoms with Gasteiger partial charge in [0.05, 0.1) is 24.7 Å². The summed E-state index contributed by atoms with van der Waals surface area (Å²) in [6.07, 6.45) is 5.87. The molecule has 8 heteroatoms. The quantitative estimate of drug-likeness (QED) is 0.675. The van der Waals surface area contributed by atoms with Crippen molar-refractivity contribution in [1.29, 1.82) is 0 Å². The Morgan fingerprint density at radius 2 is 2.07 bits per heavy atom. The number of ether oxygens (including phenoxy) is 1. The fourth-order valence-electron chi connectivity index (χ4n) is 3.25. The van der Waals surface area contributed by atoms with E-state index in [0.717, 1.165) is 24.8 Å². The van der Waals surface area contributed by atoms with Gasteiger partial charge in [-0.15, -0.1) is 5.10 Å². The summed E-state index contributed by atoms with van der Waals surface area (Å²) in [6, 6.07) is 3.55. The molecule has 0 bridgehead atoms. The Balaban J connectivity index is 1.84. The maximum Gasteiger partial charge on any atom is 0.269 e. The molecule has 0 atom stereocenters. The average molecular weight is 378 g/mol. The molecule has 0 aliphatic heterocycles. The number of rotatable bonds is 4. The van der Waals surface area contributed by atoms with E-state index in [1.807, 2.05) is 6.07 Å². The van der Waals surface area contributed by atoms with Crippen molar-refractivity contribution in [2.75, 3.05) is 5.73 Å². The molecule has 0 unspecified atom stereocenters. The number of aromatic nitrogens is 4. The van der Waals surface area contributed by atoms with E-state index in [9.17, 15) is 0 Å². The van der Waals surface area contributed by atoms with Crippen molar-refractivity contribution >= 4 is 11.5 Å². The second-order valence-corrected chi connectivity index (χ2v) is 6.88. The van der Waals surface area contributed by atoms with Gasteiger partial charge < -0.3 is 10.5 Å². The standard InChI is InChI=1S/C20H19FN6O/c1-11-18(23-2)20(26-27(11)3)28-19-13(12-5-4-6-12)7-8-14(17(19)21)15-9-25-16(22)10-24-15/h7-10,12H,4-6H2,1,3H3,(H2,22,25). The van der Waals surface area contributed by atoms with Crippen LogP contribution in [0.2, 0.25) is 0 Å². The zero-order chi connectivity index (χ0) is 19.8. The van der Waals surface area contributed by atoms with Crippen molar-refractivity contribution in [3.05, 3.63) is 53.0 Å². The zero-order valence-electron chi connectivity index (χ0n) is 15.6. The second-order valence-electron chi connectivity index (χ2n) is 6.88. The highest BCUT2D eigenvalue weighted by molar-refractivity contribution is 5.66. The van der Waals surface area contributed by atoms with Crippen LogP contribution in [0.5, 0.6) is 11.6 Å². The van der Waals surface area contributed by atoms with Crippen LogP contribution >= 0.6 is 0 Å². The van der Waals surface area contributed by atoms with Gasteiger partial charge in [-0.05, 0) is 31.7 Å². The number of nitrogens with two attached hydrogens (primary N) is 1. The molecule has 0 saturated heterocycles. The number of nitrogens with zero attached hydrogens (tertiary/aromatic N) is 5. The smallest absolute Gasteiger partial charge is 0.269 e. The van der Waals surface area contributed by atoms with E-state index in [-0.39, 0.29) is 34.6 Å². The summed E-state index contributed by atoms with van der Waals surface area (Å²) in [5.74, 6) is 0.163. The lowest BCUT2D eigenvalue weighted by molar-refractivity contribution is 0.377. The summed E-state index contributed by atoms with van der Waals surface area (Å²) in [5, 5.41) is 4.25. The minimum Gasteiger partial charge on any atom is -0.444 e. The predicted molar refractivity (Wildman–Crippen MR) is 103 cm³/mol. The average Bonchev–Trinajstić information content (AvgIpc) is 2.91. The third kappa shape index (κ3) is 2.95. The third-order valence-corrected chi connectivity index (χ3v) is 5.20. The van der Waals surface area contributed by atoms with Crippen molar-refractivity contribution in [2.24, 2.45) is 7.05 Å². The van der Waals surface area contributed by atoms with E-state index >= 15 is 4.39 Å². The Hall–Kier alpha value is -3.47. The van der Waals surface area contributed by atoms with Gasteiger partial charge in [0.15, 0.2) is 11.6 Å². The molecule has 2 N–H and O–H groups in total. The SMILES string of the molecule is [C-]#[N+]c1c(Oc2c(C3CCC3)ccc(-c3cnc(N)cn3)c2F)nn(C)c1C. The predicted octanol–water partition coefficient (Wildman–Crippen LogP) is 4.52. The van der Waals surface area contributed by atoms with Crippen molar-refractivity contribution in [2.45, 2.75) is 32.1 Å². The molecule has 2 heterocycles. The molecule has 28 heavy (non-hydrogen) atoms. The molecule has 2 aromatic heterocycles. The number of benzene rings is 1. The van der Waals surface area contributed by atoms with Crippen LogP contribution in [0.3, 0.4) is 0 Å². The highest BCUT2D eigenvalue weighted by Crippen LogP contribution is 2.46. The van der Waals surface area contributed by atoms with E-state index in [4.69, 9.17) is 17.0 Å². The van der Waals surface area contributed by atoms with Crippen LogP contribution in [-0.2, 0) is 7.05 Å². The summed E-state index contributed by atoms with van der Waals surface area (Å²) in [6.45, 7) is 9.18. The van der Waals surface area contributed by atoms with Gasteiger partial charge in [-0.2, -0.15) is 0 Å². The van der Waals surface area contributed by atoms with Crippen LogP contribution in [-0.4, -0.2) is 19.7 Å². The first kappa shape index (κ1) is 17.9. The van der Waals surface area contributed by atoms with Gasteiger partial charge in [-0.1, -0.05) is 12.5 Å². The summed E-state index contributed by atoms with van der Waals surface area (Å²) in [7, 11) is 1.72. The lowest BCUT2D eigenvalue weighted by Crippen LogP contribution is -2.11. The Morgan fingerprint density at radius 3 is 2.68 bits per heavy atom. The van der Waals surface area contributed by atoms with E-state index in [2.05, 4.69) is 19.9 Å². The molecule has 1 aliphatic rings. The molecule has 1 aliphatic carbocycles. The topological polar surface area (TPSA) is 83.2 Å². The van der Waals surface area contributed by atoms with E-state index in [1.54, 1.807) is 24.7 Å². The lowest BCUT2D eigenvalue weighted by Gasteiger charge is -2.28. The first-order valence-electron chi connectivity index (χ1n) is 8.98. The Bertz CT molecular complexity index is 1080. The number of anilines is 1. The molecule has 1 fully saturated rings. The van der Waals surface area contributed by atoms with Gasteiger partial charge in [-0.3, -0.25) is 9.67 Å². The summed E-state index contributed by atoms with van der Waals surface area (Å²) < 4.78 is 23.0. The first-order valence-corrected chi connectivity index (χ1v) is 8.98. The maximum absolute atomic E-state index is 15.5. The van der Waals surface area contributed by atoms with Gasteiger partial charge in [0.1, 0.15) is 5.82 Å². The Kier molecular flexibility index (Phi) is 4.43. The number of nitrogen functional groups attached to an aromatic ring is 1. The number of aryl methyl sites for hydroxylation is 1. The second kappa shape index (κ2) is 6.93. The first-order chi connectivity index (χ1) is 13.5. The molecule has 0 radical (unpaired) electrons. The van der Waals surface area contributed by atoms with Crippen molar-refractivity contribution in [3.63, 3.8) is 0 Å². The number of hydrogen-bond donors (Lipinski definition) is 1. The molecule has 4 rings (SSSR count). The molecule has 142 valence electrons.